The molecule has 0 saturated heterocycles. The highest BCUT2D eigenvalue weighted by Gasteiger charge is 2.35. The van der Waals surface area contributed by atoms with Gasteiger partial charge >= 0.3 is 11.9 Å². The highest BCUT2D eigenvalue weighted by atomic mass is 79.9. The van der Waals surface area contributed by atoms with Crippen molar-refractivity contribution < 1.29 is 28.5 Å². The van der Waals surface area contributed by atoms with E-state index in [1.165, 1.54) is 0 Å². The molecule has 0 bridgehead atoms. The van der Waals surface area contributed by atoms with Crippen molar-refractivity contribution in [1.29, 1.82) is 0 Å². The fourth-order valence-corrected chi connectivity index (χ4v) is 6.48. The van der Waals surface area contributed by atoms with Gasteiger partial charge < -0.3 is 18.9 Å². The first kappa shape index (κ1) is 37.0. The van der Waals surface area contributed by atoms with Gasteiger partial charge in [0, 0.05) is 43.7 Å². The minimum atomic E-state index is -1.53. The Kier molecular flexibility index (Phi) is 11.9. The number of benzene rings is 6. The van der Waals surface area contributed by atoms with E-state index in [0.29, 0.717) is 22.6 Å². The zero-order chi connectivity index (χ0) is 36.6. The highest BCUT2D eigenvalue weighted by molar-refractivity contribution is 9.10. The Morgan fingerprint density at radius 1 is 0.500 bits per heavy atom. The predicted octanol–water partition coefficient (Wildman–Crippen LogP) is 9.25. The van der Waals surface area contributed by atoms with E-state index in [2.05, 4.69) is 31.9 Å². The van der Waals surface area contributed by atoms with Gasteiger partial charge in [0.2, 0.25) is 0 Å². The quantitative estimate of drug-likeness (QED) is 0.0777. The lowest BCUT2D eigenvalue weighted by molar-refractivity contribution is -0.169. The Bertz CT molecular complexity index is 2000. The van der Waals surface area contributed by atoms with Crippen LogP contribution in [0.25, 0.3) is 21.5 Å². The van der Waals surface area contributed by atoms with E-state index in [1.54, 1.807) is 24.3 Å². The maximum atomic E-state index is 13.3. The van der Waals surface area contributed by atoms with Gasteiger partial charge in [-0.15, -0.1) is 0 Å². The van der Waals surface area contributed by atoms with Gasteiger partial charge in [-0.1, -0.05) is 129 Å². The normalized spacial score (nSPS) is 13.5. The van der Waals surface area contributed by atoms with E-state index in [4.69, 9.17) is 30.4 Å². The maximum absolute atomic E-state index is 13.3. The number of hydrogen-bond acceptors (Lipinski definition) is 8. The molecular formula is C42H38Br2N2O6. The molecule has 0 heterocycles. The van der Waals surface area contributed by atoms with Crippen molar-refractivity contribution in [2.75, 3.05) is 13.2 Å². The Morgan fingerprint density at radius 3 is 1.27 bits per heavy atom. The summed E-state index contributed by atoms with van der Waals surface area (Å²) < 4.78 is 25.8. The molecule has 0 aliphatic rings. The lowest BCUT2D eigenvalue weighted by Gasteiger charge is -2.31. The van der Waals surface area contributed by atoms with Crippen molar-refractivity contribution in [3.8, 4) is 11.5 Å². The minimum Gasteiger partial charge on any atom is -0.493 e. The van der Waals surface area contributed by atoms with Crippen LogP contribution in [0, 0.1) is 0 Å². The summed E-state index contributed by atoms with van der Waals surface area (Å²) in [6.45, 7) is 0.333. The number of carbonyl (C=O) groups is 2. The molecule has 0 spiro atoms. The molecule has 10 heteroatoms. The third-order valence-electron chi connectivity index (χ3n) is 8.75. The van der Waals surface area contributed by atoms with Crippen LogP contribution in [-0.2, 0) is 30.5 Å². The first-order chi connectivity index (χ1) is 25.1. The molecule has 6 rings (SSSR count). The summed E-state index contributed by atoms with van der Waals surface area (Å²) in [5.41, 5.74) is 11.7. The average molecular weight is 827 g/mol. The molecule has 0 aliphatic heterocycles. The van der Waals surface area contributed by atoms with Crippen LogP contribution in [0.15, 0.2) is 142 Å². The van der Waals surface area contributed by atoms with Crippen molar-refractivity contribution >= 4 is 65.3 Å². The van der Waals surface area contributed by atoms with Crippen molar-refractivity contribution in [2.45, 2.75) is 37.1 Å². The van der Waals surface area contributed by atoms with Crippen molar-refractivity contribution in [3.05, 3.63) is 154 Å². The molecule has 2 atom stereocenters. The van der Waals surface area contributed by atoms with E-state index in [1.807, 2.05) is 109 Å². The summed E-state index contributed by atoms with van der Waals surface area (Å²) in [6.07, 6.45) is -0.247. The lowest BCUT2D eigenvalue weighted by atomic mass is 10.00. The third-order valence-corrected chi connectivity index (χ3v) is 9.81. The molecule has 52 heavy (non-hydrogen) atoms. The van der Waals surface area contributed by atoms with Crippen LogP contribution < -0.4 is 20.9 Å². The van der Waals surface area contributed by atoms with Gasteiger partial charge in [-0.05, 0) is 47.2 Å². The van der Waals surface area contributed by atoms with Gasteiger partial charge in [0.25, 0.3) is 0 Å². The third kappa shape index (κ3) is 9.18. The maximum Gasteiger partial charge on any atom is 0.308 e. The lowest BCUT2D eigenvalue weighted by Crippen LogP contribution is -2.44. The number of halogens is 2. The zero-order valence-corrected chi connectivity index (χ0v) is 31.5. The van der Waals surface area contributed by atoms with Gasteiger partial charge in [0.1, 0.15) is 11.5 Å². The Labute approximate surface area is 319 Å². The summed E-state index contributed by atoms with van der Waals surface area (Å²) in [5.74, 6) is 0.0592. The molecule has 0 amide bonds. The molecular weight excluding hydrogens is 788 g/mol. The number of nitrogens with two attached hydrogens (primary N) is 2. The van der Waals surface area contributed by atoms with E-state index >= 15 is 0 Å². The molecule has 0 fully saturated rings. The predicted molar refractivity (Wildman–Crippen MR) is 210 cm³/mol. The molecule has 0 aliphatic carbocycles. The molecule has 8 nitrogen and oxygen atoms in total. The topological polar surface area (TPSA) is 123 Å². The molecule has 4 N–H and O–H groups in total. The summed E-state index contributed by atoms with van der Waals surface area (Å²) in [5, 5.41) is 4.02. The first-order valence-electron chi connectivity index (χ1n) is 16.9. The SMILES string of the molecule is NC(CCOc1cccc2ccccc12)(OC(=O)CCC(=O)OC(N)(CCOc1cccc2ccccc12)c1ccc(Br)cc1)c1ccc(Br)cc1. The molecule has 2 unspecified atom stereocenters. The largest absolute Gasteiger partial charge is 0.493 e. The number of carbonyl (C=O) groups excluding carboxylic acids is 2. The molecule has 0 aromatic heterocycles. The summed E-state index contributed by atoms with van der Waals surface area (Å²) in [6, 6.07) is 41.9. The number of rotatable bonds is 15. The molecule has 6 aromatic carbocycles. The Hall–Kier alpha value is -4.74. The monoisotopic (exact) mass is 824 g/mol. The van der Waals surface area contributed by atoms with Crippen LogP contribution in [0.5, 0.6) is 11.5 Å². The molecule has 266 valence electrons. The van der Waals surface area contributed by atoms with Crippen molar-refractivity contribution in [2.24, 2.45) is 11.5 Å². The van der Waals surface area contributed by atoms with Crippen LogP contribution in [0.2, 0.25) is 0 Å². The highest BCUT2D eigenvalue weighted by Crippen LogP contribution is 2.31. The molecule has 0 saturated carbocycles. The van der Waals surface area contributed by atoms with Crippen molar-refractivity contribution in [1.82, 2.24) is 0 Å². The van der Waals surface area contributed by atoms with Gasteiger partial charge in [-0.3, -0.25) is 21.1 Å². The van der Waals surface area contributed by atoms with Gasteiger partial charge in [-0.25, -0.2) is 0 Å². The van der Waals surface area contributed by atoms with Crippen LogP contribution in [0.3, 0.4) is 0 Å². The van der Waals surface area contributed by atoms with Gasteiger partial charge in [0.15, 0.2) is 11.4 Å². The van der Waals surface area contributed by atoms with Crippen LogP contribution in [0.4, 0.5) is 0 Å². The Morgan fingerprint density at radius 2 is 0.865 bits per heavy atom. The van der Waals surface area contributed by atoms with Crippen LogP contribution >= 0.6 is 31.9 Å². The standard InChI is InChI=1S/C42H38Br2N2O6/c43-33-19-15-31(16-20-33)41(45,25-27-49-37-13-5-9-29-7-1-3-11-35(29)37)51-39(47)23-24-40(48)52-42(46,32-17-21-34(44)22-18-32)26-28-50-38-14-6-10-30-8-2-4-12-36(30)38/h1-22H,23-28,45-46H2. The number of esters is 2. The van der Waals surface area contributed by atoms with Gasteiger partial charge in [0.05, 0.1) is 26.1 Å². The van der Waals surface area contributed by atoms with E-state index in [9.17, 15) is 9.59 Å². The zero-order valence-electron chi connectivity index (χ0n) is 28.3. The van der Waals surface area contributed by atoms with Crippen LogP contribution in [0.1, 0.15) is 36.8 Å². The number of hydrogen-bond donors (Lipinski definition) is 2. The average Bonchev–Trinajstić information content (AvgIpc) is 3.14. The molecule has 0 radical (unpaired) electrons. The van der Waals surface area contributed by atoms with E-state index in [-0.39, 0.29) is 38.9 Å². The first-order valence-corrected chi connectivity index (χ1v) is 18.5. The van der Waals surface area contributed by atoms with Crippen molar-refractivity contribution in [3.63, 3.8) is 0 Å². The van der Waals surface area contributed by atoms with Gasteiger partial charge in [-0.2, -0.15) is 0 Å². The van der Waals surface area contributed by atoms with Crippen LogP contribution in [-0.4, -0.2) is 25.2 Å². The summed E-state index contributed by atoms with van der Waals surface area (Å²) in [7, 11) is 0. The Balaban J connectivity index is 1.10. The second-order valence-corrected chi connectivity index (χ2v) is 14.2. The number of fused-ring (bicyclic) bond motifs is 2. The number of ether oxygens (including phenoxy) is 4. The van der Waals surface area contributed by atoms with E-state index < -0.39 is 23.4 Å². The fourth-order valence-electron chi connectivity index (χ4n) is 5.95. The second kappa shape index (κ2) is 16.7. The smallest absolute Gasteiger partial charge is 0.308 e. The fraction of sp³-hybridized carbons (Fsp3) is 0.190. The summed E-state index contributed by atoms with van der Waals surface area (Å²) >= 11 is 6.89. The second-order valence-electron chi connectivity index (χ2n) is 12.4. The minimum absolute atomic E-state index is 0.153. The van der Waals surface area contributed by atoms with E-state index in [0.717, 1.165) is 30.5 Å². The molecule has 6 aromatic rings. The summed E-state index contributed by atoms with van der Waals surface area (Å²) in [4.78, 5) is 26.6.